The Morgan fingerprint density at radius 2 is 1.96 bits per heavy atom. The lowest BCUT2D eigenvalue weighted by atomic mass is 10.2. The van der Waals surface area contributed by atoms with E-state index in [0.29, 0.717) is 26.9 Å². The van der Waals surface area contributed by atoms with Gasteiger partial charge < -0.3 is 4.74 Å². The molecule has 5 nitrogen and oxygen atoms in total. The number of rotatable bonds is 4. The van der Waals surface area contributed by atoms with Gasteiger partial charge in [0.25, 0.3) is 5.56 Å². The van der Waals surface area contributed by atoms with Gasteiger partial charge in [-0.25, -0.2) is 9.78 Å². The summed E-state index contributed by atoms with van der Waals surface area (Å²) >= 11 is 12.1. The molecule has 132 valence electrons. The largest absolute Gasteiger partial charge is 0.456 e. The number of aryl methyl sites for hydroxylation is 1. The van der Waals surface area contributed by atoms with Crippen molar-refractivity contribution in [3.63, 3.8) is 0 Å². The number of hydrogen-bond acceptors (Lipinski definition) is 4. The predicted molar refractivity (Wildman–Crippen MR) is 101 cm³/mol. The number of benzene rings is 1. The van der Waals surface area contributed by atoms with Crippen LogP contribution >= 0.6 is 23.2 Å². The number of hydrogen-bond donors (Lipinski definition) is 0. The van der Waals surface area contributed by atoms with Crippen LogP contribution in [-0.4, -0.2) is 15.4 Å². The molecule has 0 amide bonds. The maximum atomic E-state index is 12.1. The van der Waals surface area contributed by atoms with Gasteiger partial charge in [-0.2, -0.15) is 0 Å². The van der Waals surface area contributed by atoms with Gasteiger partial charge in [0, 0.05) is 33.9 Å². The lowest BCUT2D eigenvalue weighted by molar-refractivity contribution is -0.139. The van der Waals surface area contributed by atoms with Crippen LogP contribution in [0, 0.1) is 6.92 Å². The molecule has 0 saturated heterocycles. The van der Waals surface area contributed by atoms with Gasteiger partial charge in [0.15, 0.2) is 0 Å². The monoisotopic (exact) mass is 388 g/mol. The summed E-state index contributed by atoms with van der Waals surface area (Å²) in [6, 6.07) is 9.99. The highest BCUT2D eigenvalue weighted by atomic mass is 35.5. The molecule has 3 rings (SSSR count). The van der Waals surface area contributed by atoms with Gasteiger partial charge in [-0.05, 0) is 36.8 Å². The first-order chi connectivity index (χ1) is 12.4. The third-order valence-electron chi connectivity index (χ3n) is 3.61. The molecule has 2 aromatic heterocycles. The highest BCUT2D eigenvalue weighted by Crippen LogP contribution is 2.25. The Morgan fingerprint density at radius 1 is 1.23 bits per heavy atom. The molecule has 7 heteroatoms. The zero-order valence-electron chi connectivity index (χ0n) is 13.8. The maximum Gasteiger partial charge on any atom is 0.331 e. The van der Waals surface area contributed by atoms with Crippen LogP contribution in [0.25, 0.3) is 11.7 Å². The van der Waals surface area contributed by atoms with Crippen molar-refractivity contribution in [2.45, 2.75) is 13.5 Å². The van der Waals surface area contributed by atoms with Gasteiger partial charge in [0.05, 0.1) is 5.69 Å². The summed E-state index contributed by atoms with van der Waals surface area (Å²) in [7, 11) is 0. The van der Waals surface area contributed by atoms with Gasteiger partial charge in [-0.15, -0.1) is 0 Å². The molecule has 0 saturated carbocycles. The second kappa shape index (κ2) is 7.72. The second-order valence-corrected chi connectivity index (χ2v) is 6.41. The highest BCUT2D eigenvalue weighted by molar-refractivity contribution is 6.37. The zero-order valence-corrected chi connectivity index (χ0v) is 15.3. The molecule has 26 heavy (non-hydrogen) atoms. The van der Waals surface area contributed by atoms with E-state index in [0.717, 1.165) is 5.56 Å². The number of fused-ring (bicyclic) bond motifs is 1. The van der Waals surface area contributed by atoms with E-state index in [4.69, 9.17) is 27.9 Å². The molecule has 0 atom stereocenters. The quantitative estimate of drug-likeness (QED) is 0.499. The Morgan fingerprint density at radius 3 is 2.69 bits per heavy atom. The molecule has 1 aromatic carbocycles. The predicted octanol–water partition coefficient (Wildman–Crippen LogP) is 4.07. The van der Waals surface area contributed by atoms with Crippen LogP contribution in [0.1, 0.15) is 16.8 Å². The van der Waals surface area contributed by atoms with E-state index in [1.165, 1.54) is 22.6 Å². The Labute approximate surface area is 159 Å². The summed E-state index contributed by atoms with van der Waals surface area (Å²) in [6.45, 7) is 1.78. The molecular formula is C19H14Cl2N2O3. The first-order valence-electron chi connectivity index (χ1n) is 7.72. The fourth-order valence-corrected chi connectivity index (χ4v) is 2.87. The standard InChI is InChI=1S/C19H14Cl2N2O3/c1-12-5-7-17-22-13(9-18(24)23(17)10-12)11-26-19(25)8-6-14-15(20)3-2-4-16(14)21/h2-10H,11H2,1H3/b8-6+. The first kappa shape index (κ1) is 18.2. The number of pyridine rings is 1. The lowest BCUT2D eigenvalue weighted by Crippen LogP contribution is -2.16. The summed E-state index contributed by atoms with van der Waals surface area (Å²) in [4.78, 5) is 28.3. The summed E-state index contributed by atoms with van der Waals surface area (Å²) < 4.78 is 6.58. The molecule has 0 aliphatic heterocycles. The number of nitrogens with zero attached hydrogens (tertiary/aromatic N) is 2. The van der Waals surface area contributed by atoms with E-state index in [2.05, 4.69) is 4.98 Å². The van der Waals surface area contributed by atoms with Crippen molar-refractivity contribution >= 4 is 40.9 Å². The molecule has 2 heterocycles. The van der Waals surface area contributed by atoms with Crippen LogP contribution in [0.2, 0.25) is 10.0 Å². The molecule has 0 fully saturated rings. The van der Waals surface area contributed by atoms with E-state index < -0.39 is 5.97 Å². The average molecular weight is 389 g/mol. The van der Waals surface area contributed by atoms with Crippen LogP contribution < -0.4 is 5.56 Å². The molecule has 3 aromatic rings. The van der Waals surface area contributed by atoms with Crippen molar-refractivity contribution in [1.82, 2.24) is 9.38 Å². The fourth-order valence-electron chi connectivity index (χ4n) is 2.35. The number of aromatic nitrogens is 2. The number of esters is 1. The zero-order chi connectivity index (χ0) is 18.7. The van der Waals surface area contributed by atoms with Crippen molar-refractivity contribution in [3.8, 4) is 0 Å². The summed E-state index contributed by atoms with van der Waals surface area (Å²) in [5.74, 6) is -0.591. The van der Waals surface area contributed by atoms with Gasteiger partial charge in [0.1, 0.15) is 12.3 Å². The van der Waals surface area contributed by atoms with Gasteiger partial charge in [-0.3, -0.25) is 9.20 Å². The van der Waals surface area contributed by atoms with E-state index in [1.807, 2.05) is 13.0 Å². The summed E-state index contributed by atoms with van der Waals surface area (Å²) in [6.07, 6.45) is 4.42. The number of halogens is 2. The molecule has 0 unspecified atom stereocenters. The van der Waals surface area contributed by atoms with Crippen LogP contribution in [0.3, 0.4) is 0 Å². The van der Waals surface area contributed by atoms with Crippen LogP contribution in [0.15, 0.2) is 53.5 Å². The molecule has 0 radical (unpaired) electrons. The van der Waals surface area contributed by atoms with Gasteiger partial charge in [0.2, 0.25) is 0 Å². The molecule has 0 aliphatic carbocycles. The Balaban J connectivity index is 1.72. The Hall–Kier alpha value is -2.63. The third kappa shape index (κ3) is 4.12. The maximum absolute atomic E-state index is 12.1. The minimum atomic E-state index is -0.591. The van der Waals surface area contributed by atoms with E-state index in [9.17, 15) is 9.59 Å². The SMILES string of the molecule is Cc1ccc2nc(COC(=O)/C=C/c3c(Cl)cccc3Cl)cc(=O)n2c1. The molecule has 0 N–H and O–H groups in total. The van der Waals surface area contributed by atoms with Crippen molar-refractivity contribution < 1.29 is 9.53 Å². The van der Waals surface area contributed by atoms with Gasteiger partial charge >= 0.3 is 5.97 Å². The van der Waals surface area contributed by atoms with Crippen molar-refractivity contribution in [2.75, 3.05) is 0 Å². The molecule has 0 bridgehead atoms. The molecular weight excluding hydrogens is 375 g/mol. The molecule has 0 aliphatic rings. The normalized spacial score (nSPS) is 11.2. The number of carbonyl (C=O) groups is 1. The van der Waals surface area contributed by atoms with Crippen LogP contribution in [0.5, 0.6) is 0 Å². The van der Waals surface area contributed by atoms with E-state index in [1.54, 1.807) is 30.5 Å². The topological polar surface area (TPSA) is 60.7 Å². The molecule has 0 spiro atoms. The van der Waals surface area contributed by atoms with Crippen molar-refractivity contribution in [1.29, 1.82) is 0 Å². The summed E-state index contributed by atoms with van der Waals surface area (Å²) in [5.41, 5.74) is 2.11. The van der Waals surface area contributed by atoms with Crippen molar-refractivity contribution in [3.05, 3.63) is 85.9 Å². The van der Waals surface area contributed by atoms with Crippen molar-refractivity contribution in [2.24, 2.45) is 0 Å². The van der Waals surface area contributed by atoms with Gasteiger partial charge in [-0.1, -0.05) is 35.3 Å². The Kier molecular flexibility index (Phi) is 5.40. The van der Waals surface area contributed by atoms with Crippen LogP contribution in [0.4, 0.5) is 0 Å². The Bertz CT molecular complexity index is 1050. The first-order valence-corrected chi connectivity index (χ1v) is 8.47. The lowest BCUT2D eigenvalue weighted by Gasteiger charge is -2.05. The number of carbonyl (C=O) groups excluding carboxylic acids is 1. The van der Waals surface area contributed by atoms with E-state index >= 15 is 0 Å². The fraction of sp³-hybridized carbons (Fsp3) is 0.105. The average Bonchev–Trinajstić information content (AvgIpc) is 2.60. The smallest absolute Gasteiger partial charge is 0.331 e. The number of ether oxygens (including phenoxy) is 1. The second-order valence-electron chi connectivity index (χ2n) is 5.60. The minimum Gasteiger partial charge on any atom is -0.456 e. The highest BCUT2D eigenvalue weighted by Gasteiger charge is 2.06. The third-order valence-corrected chi connectivity index (χ3v) is 4.27. The van der Waals surface area contributed by atoms with Crippen LogP contribution in [-0.2, 0) is 16.1 Å². The van der Waals surface area contributed by atoms with E-state index in [-0.39, 0.29) is 12.2 Å². The summed E-state index contributed by atoms with van der Waals surface area (Å²) in [5, 5.41) is 0.863. The minimum absolute atomic E-state index is 0.112.